The number of hydrogen-bond acceptors (Lipinski definition) is 5. The van der Waals surface area contributed by atoms with Crippen molar-refractivity contribution in [1.29, 1.82) is 0 Å². The number of carbonyl (C=O) groups excluding carboxylic acids is 2. The van der Waals surface area contributed by atoms with Crippen LogP contribution in [-0.4, -0.2) is 33.3 Å². The van der Waals surface area contributed by atoms with Gasteiger partial charge in [-0.15, -0.1) is 0 Å². The molecule has 2 aromatic carbocycles. The number of ketones is 1. The van der Waals surface area contributed by atoms with E-state index in [4.69, 9.17) is 4.74 Å². The molecule has 1 atom stereocenters. The maximum atomic E-state index is 13.2. The molecule has 1 saturated heterocycles. The summed E-state index contributed by atoms with van der Waals surface area (Å²) in [4.78, 5) is 32.0. The molecule has 6 heteroatoms. The maximum Gasteiger partial charge on any atom is 0.295 e. The van der Waals surface area contributed by atoms with Gasteiger partial charge in [0.25, 0.3) is 11.7 Å². The standard InChI is InChI=1S/C29H30N2O4/c1-4-5-15-35-24-13-12-23(16-20(24)3)27(32)25-26(22-10-8-19(2)9-11-22)31(29(34)28(25)33)18-21-7-6-14-30-17-21/h6-14,16-17,26,32H,4-5,15,18H2,1-3H3/t26-/m1/s1. The Morgan fingerprint density at radius 1 is 1.09 bits per heavy atom. The fourth-order valence-electron chi connectivity index (χ4n) is 4.27. The monoisotopic (exact) mass is 470 g/mol. The predicted molar refractivity (Wildman–Crippen MR) is 135 cm³/mol. The van der Waals surface area contributed by atoms with Crippen molar-refractivity contribution in [2.24, 2.45) is 0 Å². The predicted octanol–water partition coefficient (Wildman–Crippen LogP) is 5.50. The number of hydrogen-bond donors (Lipinski definition) is 1. The molecule has 0 spiro atoms. The van der Waals surface area contributed by atoms with Gasteiger partial charge in [-0.3, -0.25) is 14.6 Å². The van der Waals surface area contributed by atoms with Crippen molar-refractivity contribution in [3.63, 3.8) is 0 Å². The zero-order chi connectivity index (χ0) is 24.9. The number of Topliss-reactive ketones (excluding diaryl/α,β-unsaturated/α-hetero) is 1. The Kier molecular flexibility index (Phi) is 7.30. The van der Waals surface area contributed by atoms with Crippen molar-refractivity contribution >= 4 is 17.4 Å². The molecule has 1 fully saturated rings. The normalized spacial score (nSPS) is 17.1. The molecule has 0 bridgehead atoms. The molecule has 2 heterocycles. The Labute approximate surface area is 205 Å². The quantitative estimate of drug-likeness (QED) is 0.204. The summed E-state index contributed by atoms with van der Waals surface area (Å²) >= 11 is 0. The highest BCUT2D eigenvalue weighted by Gasteiger charge is 2.46. The lowest BCUT2D eigenvalue weighted by molar-refractivity contribution is -0.140. The first-order chi connectivity index (χ1) is 16.9. The Balaban J connectivity index is 1.77. The van der Waals surface area contributed by atoms with Gasteiger partial charge in [-0.05, 0) is 61.2 Å². The SMILES string of the molecule is CCCCOc1ccc(C(O)=C2C(=O)C(=O)N(Cc3cccnc3)[C@@H]2c2ccc(C)cc2)cc1C. The molecule has 35 heavy (non-hydrogen) atoms. The van der Waals surface area contributed by atoms with Gasteiger partial charge in [0.1, 0.15) is 11.5 Å². The van der Waals surface area contributed by atoms with Gasteiger partial charge in [-0.25, -0.2) is 0 Å². The van der Waals surface area contributed by atoms with Crippen molar-refractivity contribution < 1.29 is 19.4 Å². The molecule has 1 amide bonds. The minimum absolute atomic E-state index is 0.0850. The summed E-state index contributed by atoms with van der Waals surface area (Å²) in [5.74, 6) is -0.789. The molecule has 1 aliphatic rings. The fourth-order valence-corrected chi connectivity index (χ4v) is 4.27. The minimum atomic E-state index is -0.711. The van der Waals surface area contributed by atoms with Crippen molar-refractivity contribution in [1.82, 2.24) is 9.88 Å². The van der Waals surface area contributed by atoms with Crippen molar-refractivity contribution in [3.8, 4) is 5.75 Å². The summed E-state index contributed by atoms with van der Waals surface area (Å²) in [5, 5.41) is 11.3. The molecule has 1 N–H and O–H groups in total. The van der Waals surface area contributed by atoms with Crippen molar-refractivity contribution in [2.75, 3.05) is 6.61 Å². The molecule has 1 aromatic heterocycles. The number of amides is 1. The molecule has 0 unspecified atom stereocenters. The number of carbonyl (C=O) groups is 2. The number of aryl methyl sites for hydroxylation is 2. The summed E-state index contributed by atoms with van der Waals surface area (Å²) in [5.41, 5.74) is 4.03. The Morgan fingerprint density at radius 3 is 2.51 bits per heavy atom. The second kappa shape index (κ2) is 10.6. The smallest absolute Gasteiger partial charge is 0.295 e. The summed E-state index contributed by atoms with van der Waals surface area (Å²) in [6.45, 7) is 6.80. The molecule has 6 nitrogen and oxygen atoms in total. The van der Waals surface area contributed by atoms with Gasteiger partial charge < -0.3 is 14.7 Å². The average Bonchev–Trinajstić information content (AvgIpc) is 3.10. The van der Waals surface area contributed by atoms with E-state index >= 15 is 0 Å². The second-order valence-electron chi connectivity index (χ2n) is 8.88. The Hall–Kier alpha value is -3.93. The topological polar surface area (TPSA) is 79.7 Å². The highest BCUT2D eigenvalue weighted by Crippen LogP contribution is 2.40. The second-order valence-corrected chi connectivity index (χ2v) is 8.88. The number of aliphatic hydroxyl groups is 1. The number of aliphatic hydroxyl groups excluding tert-OH is 1. The maximum absolute atomic E-state index is 13.2. The zero-order valence-corrected chi connectivity index (χ0v) is 20.3. The van der Waals surface area contributed by atoms with Gasteiger partial charge in [0.15, 0.2) is 0 Å². The van der Waals surface area contributed by atoms with Crippen molar-refractivity contribution in [3.05, 3.63) is 100 Å². The first-order valence-corrected chi connectivity index (χ1v) is 11.9. The van der Waals surface area contributed by atoms with Crippen LogP contribution >= 0.6 is 0 Å². The van der Waals surface area contributed by atoms with Gasteiger partial charge in [-0.1, -0.05) is 49.2 Å². The zero-order valence-electron chi connectivity index (χ0n) is 20.3. The summed E-state index contributed by atoms with van der Waals surface area (Å²) in [7, 11) is 0. The van der Waals surface area contributed by atoms with Crippen LogP contribution in [0.4, 0.5) is 0 Å². The van der Waals surface area contributed by atoms with Crippen LogP contribution < -0.4 is 4.74 Å². The number of rotatable bonds is 8. The number of pyridine rings is 1. The van der Waals surface area contributed by atoms with E-state index in [0.717, 1.165) is 40.8 Å². The first kappa shape index (κ1) is 24.2. The number of nitrogens with zero attached hydrogens (tertiary/aromatic N) is 2. The lowest BCUT2D eigenvalue weighted by atomic mass is 9.94. The van der Waals surface area contributed by atoms with Gasteiger partial charge in [-0.2, -0.15) is 0 Å². The van der Waals surface area contributed by atoms with Crippen LogP contribution in [0.2, 0.25) is 0 Å². The van der Waals surface area contributed by atoms with Gasteiger partial charge in [0.2, 0.25) is 0 Å². The van der Waals surface area contributed by atoms with Crippen molar-refractivity contribution in [2.45, 2.75) is 46.2 Å². The highest BCUT2D eigenvalue weighted by molar-refractivity contribution is 6.46. The number of aromatic nitrogens is 1. The summed E-state index contributed by atoms with van der Waals surface area (Å²) < 4.78 is 5.83. The van der Waals surface area contributed by atoms with E-state index in [1.54, 1.807) is 36.7 Å². The van der Waals surface area contributed by atoms with E-state index in [9.17, 15) is 14.7 Å². The number of unbranched alkanes of at least 4 members (excludes halogenated alkanes) is 1. The molecule has 0 radical (unpaired) electrons. The van der Waals surface area contributed by atoms with Crippen LogP contribution in [0, 0.1) is 13.8 Å². The highest BCUT2D eigenvalue weighted by atomic mass is 16.5. The molecule has 4 rings (SSSR count). The van der Waals surface area contributed by atoms with Crippen LogP contribution in [0.1, 0.15) is 53.6 Å². The fraction of sp³-hybridized carbons (Fsp3) is 0.276. The molecule has 3 aromatic rings. The minimum Gasteiger partial charge on any atom is -0.507 e. The third-order valence-electron chi connectivity index (χ3n) is 6.21. The molecular formula is C29H30N2O4. The van der Waals surface area contributed by atoms with Gasteiger partial charge >= 0.3 is 0 Å². The van der Waals surface area contributed by atoms with Crippen LogP contribution in [0.5, 0.6) is 5.75 Å². The first-order valence-electron chi connectivity index (χ1n) is 11.9. The summed E-state index contributed by atoms with van der Waals surface area (Å²) in [6, 6.07) is 15.9. The Bertz CT molecular complexity index is 1250. The van der Waals surface area contributed by atoms with Crippen LogP contribution in [-0.2, 0) is 16.1 Å². The number of ether oxygens (including phenoxy) is 1. The summed E-state index contributed by atoms with van der Waals surface area (Å²) in [6.07, 6.45) is 5.33. The molecule has 0 aliphatic carbocycles. The molecular weight excluding hydrogens is 440 g/mol. The van der Waals surface area contributed by atoms with E-state index in [1.807, 2.05) is 44.2 Å². The molecule has 0 saturated carbocycles. The van der Waals surface area contributed by atoms with Crippen LogP contribution in [0.15, 0.2) is 72.6 Å². The average molecular weight is 471 g/mol. The lowest BCUT2D eigenvalue weighted by Gasteiger charge is -2.25. The van der Waals surface area contributed by atoms with E-state index < -0.39 is 17.7 Å². The van der Waals surface area contributed by atoms with E-state index in [2.05, 4.69) is 11.9 Å². The third-order valence-corrected chi connectivity index (χ3v) is 6.21. The van der Waals surface area contributed by atoms with E-state index in [1.165, 1.54) is 4.90 Å². The Morgan fingerprint density at radius 2 is 1.86 bits per heavy atom. The molecule has 1 aliphatic heterocycles. The van der Waals surface area contributed by atoms with Crippen LogP contribution in [0.3, 0.4) is 0 Å². The van der Waals surface area contributed by atoms with E-state index in [0.29, 0.717) is 12.2 Å². The third kappa shape index (κ3) is 5.11. The molecule has 180 valence electrons. The van der Waals surface area contributed by atoms with Gasteiger partial charge in [0.05, 0.1) is 18.2 Å². The number of benzene rings is 2. The van der Waals surface area contributed by atoms with E-state index in [-0.39, 0.29) is 17.9 Å². The van der Waals surface area contributed by atoms with Gasteiger partial charge in [0, 0.05) is 24.5 Å². The number of likely N-dealkylation sites (tertiary alicyclic amines) is 1. The van der Waals surface area contributed by atoms with Crippen LogP contribution in [0.25, 0.3) is 5.76 Å². The largest absolute Gasteiger partial charge is 0.507 e. The lowest BCUT2D eigenvalue weighted by Crippen LogP contribution is -2.29.